The van der Waals surface area contributed by atoms with Crippen LogP contribution in [0.15, 0.2) is 18.5 Å². The fourth-order valence-electron chi connectivity index (χ4n) is 2.01. The summed E-state index contributed by atoms with van der Waals surface area (Å²) >= 11 is 3.69. The van der Waals surface area contributed by atoms with Crippen molar-refractivity contribution < 1.29 is 9.50 Å². The smallest absolute Gasteiger partial charge is 0.141 e. The molecule has 1 saturated heterocycles. The summed E-state index contributed by atoms with van der Waals surface area (Å²) in [4.78, 5) is 3.80. The summed E-state index contributed by atoms with van der Waals surface area (Å²) < 4.78 is 13.1. The van der Waals surface area contributed by atoms with E-state index in [1.165, 1.54) is 6.07 Å². The number of aliphatic hydroxyl groups excluding tert-OH is 1. The van der Waals surface area contributed by atoms with Gasteiger partial charge >= 0.3 is 0 Å². The van der Waals surface area contributed by atoms with Gasteiger partial charge in [0.25, 0.3) is 0 Å². The van der Waals surface area contributed by atoms with E-state index in [1.54, 1.807) is 18.0 Å². The molecule has 0 aliphatic carbocycles. The van der Waals surface area contributed by atoms with Crippen molar-refractivity contribution in [2.45, 2.75) is 29.9 Å². The van der Waals surface area contributed by atoms with Crippen LogP contribution in [0.5, 0.6) is 0 Å². The quantitative estimate of drug-likeness (QED) is 0.918. The highest BCUT2D eigenvalue weighted by Gasteiger charge is 2.32. The third kappa shape index (κ3) is 3.14. The van der Waals surface area contributed by atoms with Gasteiger partial charge in [-0.1, -0.05) is 6.92 Å². The van der Waals surface area contributed by atoms with Gasteiger partial charge in [-0.05, 0) is 12.5 Å². The molecule has 3 unspecified atom stereocenters. The van der Waals surface area contributed by atoms with E-state index >= 15 is 0 Å². The Morgan fingerprint density at radius 2 is 2.24 bits per heavy atom. The van der Waals surface area contributed by atoms with E-state index in [-0.39, 0.29) is 11.1 Å². The maximum Gasteiger partial charge on any atom is 0.141 e. The average Bonchev–Trinajstić information content (AvgIpc) is 2.38. The lowest BCUT2D eigenvalue weighted by atomic mass is 10.0. The molecular weight excluding hydrogens is 257 g/mol. The summed E-state index contributed by atoms with van der Waals surface area (Å²) in [6, 6.07) is 1.38. The van der Waals surface area contributed by atoms with Gasteiger partial charge in [0, 0.05) is 33.8 Å². The van der Waals surface area contributed by atoms with Crippen molar-refractivity contribution in [3.8, 4) is 0 Å². The van der Waals surface area contributed by atoms with Gasteiger partial charge in [-0.15, -0.1) is 0 Å². The van der Waals surface area contributed by atoms with E-state index in [4.69, 9.17) is 0 Å². The molecule has 2 nitrogen and oxygen atoms in total. The molecule has 94 valence electrons. The van der Waals surface area contributed by atoms with Crippen molar-refractivity contribution in [1.82, 2.24) is 4.98 Å². The maximum absolute atomic E-state index is 13.1. The molecular formula is C12H16FNOS2. The fraction of sp³-hybridized carbons (Fsp3) is 0.583. The summed E-state index contributed by atoms with van der Waals surface area (Å²) in [7, 11) is 0. The van der Waals surface area contributed by atoms with Gasteiger partial charge in [0.1, 0.15) is 5.82 Å². The number of hydrogen-bond acceptors (Lipinski definition) is 4. The number of aliphatic hydroxyl groups is 1. The third-order valence-corrected chi connectivity index (χ3v) is 6.21. The Kier molecular flexibility index (Phi) is 4.70. The van der Waals surface area contributed by atoms with Crippen LogP contribution in [0.1, 0.15) is 25.0 Å². The summed E-state index contributed by atoms with van der Waals surface area (Å²) in [6.07, 6.45) is 3.12. The molecule has 1 aliphatic heterocycles. The second-order valence-electron chi connectivity index (χ2n) is 4.03. The van der Waals surface area contributed by atoms with Gasteiger partial charge in [0.15, 0.2) is 0 Å². The average molecular weight is 273 g/mol. The van der Waals surface area contributed by atoms with Gasteiger partial charge in [0.2, 0.25) is 0 Å². The van der Waals surface area contributed by atoms with Crippen LogP contribution in [0.4, 0.5) is 4.39 Å². The lowest BCUT2D eigenvalue weighted by Gasteiger charge is -2.33. The first kappa shape index (κ1) is 13.2. The van der Waals surface area contributed by atoms with Crippen molar-refractivity contribution >= 4 is 23.5 Å². The highest BCUT2D eigenvalue weighted by atomic mass is 32.2. The Balaban J connectivity index is 2.15. The molecule has 0 saturated carbocycles. The standard InChI is InChI=1S/C12H16FNOS2/c1-2-10-12(17-4-3-16-10)11(15)8-5-9(13)7-14-6-8/h5-7,10-12,15H,2-4H2,1H3. The SMILES string of the molecule is CCC1SCCSC1C(O)c1cncc(F)c1. The maximum atomic E-state index is 13.1. The minimum absolute atomic E-state index is 0.141. The minimum atomic E-state index is -0.624. The van der Waals surface area contributed by atoms with E-state index in [9.17, 15) is 9.50 Å². The molecule has 0 radical (unpaired) electrons. The van der Waals surface area contributed by atoms with Gasteiger partial charge in [-0.25, -0.2) is 4.39 Å². The molecule has 1 fully saturated rings. The van der Waals surface area contributed by atoms with E-state index in [2.05, 4.69) is 11.9 Å². The number of rotatable bonds is 3. The molecule has 0 aromatic carbocycles. The molecule has 17 heavy (non-hydrogen) atoms. The van der Waals surface area contributed by atoms with E-state index < -0.39 is 6.10 Å². The second kappa shape index (κ2) is 6.07. The summed E-state index contributed by atoms with van der Waals surface area (Å²) in [5.41, 5.74) is 0.587. The van der Waals surface area contributed by atoms with Crippen LogP contribution >= 0.6 is 23.5 Å². The normalized spacial score (nSPS) is 26.8. The van der Waals surface area contributed by atoms with Crippen LogP contribution in [-0.4, -0.2) is 32.1 Å². The predicted molar refractivity (Wildman–Crippen MR) is 71.9 cm³/mol. The van der Waals surface area contributed by atoms with Crippen LogP contribution in [0, 0.1) is 5.82 Å². The molecule has 2 rings (SSSR count). The van der Waals surface area contributed by atoms with Crippen molar-refractivity contribution in [2.24, 2.45) is 0 Å². The van der Waals surface area contributed by atoms with Crippen LogP contribution in [0.3, 0.4) is 0 Å². The monoisotopic (exact) mass is 273 g/mol. The minimum Gasteiger partial charge on any atom is -0.387 e. The van der Waals surface area contributed by atoms with Gasteiger partial charge < -0.3 is 5.11 Å². The van der Waals surface area contributed by atoms with Crippen molar-refractivity contribution in [3.63, 3.8) is 0 Å². The molecule has 1 aromatic rings. The van der Waals surface area contributed by atoms with Crippen LogP contribution in [-0.2, 0) is 0 Å². The summed E-state index contributed by atoms with van der Waals surface area (Å²) in [5, 5.41) is 10.9. The Hall–Kier alpha value is -0.260. The van der Waals surface area contributed by atoms with Crippen molar-refractivity contribution in [1.29, 1.82) is 0 Å². The number of nitrogens with zero attached hydrogens (tertiary/aromatic N) is 1. The zero-order valence-corrected chi connectivity index (χ0v) is 11.3. The Morgan fingerprint density at radius 1 is 1.47 bits per heavy atom. The zero-order chi connectivity index (χ0) is 12.3. The first-order valence-corrected chi connectivity index (χ1v) is 7.84. The Bertz CT molecular complexity index is 377. The number of pyridine rings is 1. The van der Waals surface area contributed by atoms with Crippen LogP contribution in [0.2, 0.25) is 0 Å². The molecule has 5 heteroatoms. The highest BCUT2D eigenvalue weighted by Crippen LogP contribution is 2.40. The molecule has 0 spiro atoms. The summed E-state index contributed by atoms with van der Waals surface area (Å²) in [5.74, 6) is 1.79. The number of thioether (sulfide) groups is 2. The highest BCUT2D eigenvalue weighted by molar-refractivity contribution is 8.07. The number of hydrogen-bond donors (Lipinski definition) is 1. The van der Waals surface area contributed by atoms with E-state index in [1.807, 2.05) is 11.8 Å². The van der Waals surface area contributed by atoms with Crippen LogP contribution in [0.25, 0.3) is 0 Å². The molecule has 2 heterocycles. The lowest BCUT2D eigenvalue weighted by Crippen LogP contribution is -2.31. The molecule has 0 bridgehead atoms. The zero-order valence-electron chi connectivity index (χ0n) is 9.67. The topological polar surface area (TPSA) is 33.1 Å². The van der Waals surface area contributed by atoms with E-state index in [0.29, 0.717) is 10.8 Å². The number of aromatic nitrogens is 1. The van der Waals surface area contributed by atoms with Gasteiger partial charge in [-0.3, -0.25) is 4.98 Å². The van der Waals surface area contributed by atoms with Crippen molar-refractivity contribution in [3.05, 3.63) is 29.8 Å². The van der Waals surface area contributed by atoms with Crippen LogP contribution < -0.4 is 0 Å². The molecule has 1 N–H and O–H groups in total. The van der Waals surface area contributed by atoms with E-state index in [0.717, 1.165) is 24.1 Å². The first-order chi connectivity index (χ1) is 8.22. The second-order valence-corrected chi connectivity index (χ2v) is 6.67. The van der Waals surface area contributed by atoms with Gasteiger partial charge in [-0.2, -0.15) is 23.5 Å². The molecule has 1 aromatic heterocycles. The Morgan fingerprint density at radius 3 is 2.94 bits per heavy atom. The predicted octanol–water partition coefficient (Wildman–Crippen LogP) is 2.88. The molecule has 0 amide bonds. The fourth-order valence-corrected chi connectivity index (χ4v) is 5.15. The lowest BCUT2D eigenvalue weighted by molar-refractivity contribution is 0.171. The summed E-state index contributed by atoms with van der Waals surface area (Å²) in [6.45, 7) is 2.13. The number of halogens is 1. The Labute approximate surface area is 109 Å². The van der Waals surface area contributed by atoms with Crippen molar-refractivity contribution in [2.75, 3.05) is 11.5 Å². The largest absolute Gasteiger partial charge is 0.387 e. The molecule has 1 aliphatic rings. The third-order valence-electron chi connectivity index (χ3n) is 2.87. The van der Waals surface area contributed by atoms with Gasteiger partial charge in [0.05, 0.1) is 12.3 Å². The first-order valence-electron chi connectivity index (χ1n) is 5.74. The molecule has 3 atom stereocenters.